The second-order valence-corrected chi connectivity index (χ2v) is 12.8. The van der Waals surface area contributed by atoms with Crippen molar-refractivity contribution in [2.75, 3.05) is 69.1 Å². The molecule has 0 aliphatic carbocycles. The predicted molar refractivity (Wildman–Crippen MR) is 173 cm³/mol. The number of ether oxygens (including phenoxy) is 1. The van der Waals surface area contributed by atoms with Crippen molar-refractivity contribution in [1.29, 1.82) is 0 Å². The number of esters is 1. The highest BCUT2D eigenvalue weighted by Crippen LogP contribution is 2.38. The van der Waals surface area contributed by atoms with E-state index in [1.165, 1.54) is 12.0 Å². The number of benzene rings is 3. The molecule has 2 amide bonds. The largest absolute Gasteiger partial charge is 0.465 e. The Bertz CT molecular complexity index is 1670. The SMILES string of the molecule is COC(=O)c1ccc2c(c1)NC(=O)/C2=C(\Nc1ccc(N(CC(=O)N(C)C)S(=O)(=O)CCCN(C)C)cc1)c1ccccc1. The molecule has 1 aliphatic rings. The van der Waals surface area contributed by atoms with Crippen LogP contribution in [0.1, 0.15) is 27.9 Å². The highest BCUT2D eigenvalue weighted by molar-refractivity contribution is 7.92. The van der Waals surface area contributed by atoms with Crippen molar-refractivity contribution < 1.29 is 27.5 Å². The predicted octanol–water partition coefficient (Wildman–Crippen LogP) is 3.58. The maximum Gasteiger partial charge on any atom is 0.337 e. The van der Waals surface area contributed by atoms with Gasteiger partial charge in [0.2, 0.25) is 15.9 Å². The number of fused-ring (bicyclic) bond motifs is 1. The number of methoxy groups -OCH3 is 1. The fraction of sp³-hybridized carbons (Fsp3) is 0.281. The minimum atomic E-state index is -3.80. The molecule has 232 valence electrons. The third-order valence-corrected chi connectivity index (χ3v) is 8.86. The zero-order valence-corrected chi connectivity index (χ0v) is 26.3. The summed E-state index contributed by atoms with van der Waals surface area (Å²) in [6, 6.07) is 20.9. The van der Waals surface area contributed by atoms with Gasteiger partial charge in [-0.25, -0.2) is 13.2 Å². The van der Waals surface area contributed by atoms with Gasteiger partial charge in [-0.05, 0) is 69.0 Å². The minimum absolute atomic E-state index is 0.109. The molecule has 11 nitrogen and oxygen atoms in total. The zero-order chi connectivity index (χ0) is 32.0. The van der Waals surface area contributed by atoms with Gasteiger partial charge in [-0.15, -0.1) is 0 Å². The molecule has 0 radical (unpaired) electrons. The first-order chi connectivity index (χ1) is 20.9. The number of carbonyl (C=O) groups is 3. The van der Waals surface area contributed by atoms with Crippen LogP contribution in [0.15, 0.2) is 72.8 Å². The van der Waals surface area contributed by atoms with Crippen LogP contribution in [0, 0.1) is 0 Å². The number of carbonyl (C=O) groups excluding carboxylic acids is 3. The Balaban J connectivity index is 1.71. The van der Waals surface area contributed by atoms with Gasteiger partial charge in [0, 0.05) is 25.3 Å². The number of anilines is 3. The molecular weight excluding hydrogens is 582 g/mol. The molecule has 0 aromatic heterocycles. The van der Waals surface area contributed by atoms with Gasteiger partial charge in [-0.3, -0.25) is 13.9 Å². The summed E-state index contributed by atoms with van der Waals surface area (Å²) in [6.45, 7) is 0.267. The molecule has 0 atom stereocenters. The van der Waals surface area contributed by atoms with E-state index >= 15 is 0 Å². The van der Waals surface area contributed by atoms with Crippen molar-refractivity contribution in [1.82, 2.24) is 9.80 Å². The molecule has 0 spiro atoms. The van der Waals surface area contributed by atoms with E-state index in [0.29, 0.717) is 52.4 Å². The maximum atomic E-state index is 13.4. The Labute approximate surface area is 258 Å². The van der Waals surface area contributed by atoms with Crippen LogP contribution in [0.3, 0.4) is 0 Å². The highest BCUT2D eigenvalue weighted by atomic mass is 32.2. The van der Waals surface area contributed by atoms with Crippen molar-refractivity contribution in [2.24, 2.45) is 0 Å². The molecule has 0 saturated carbocycles. The fourth-order valence-electron chi connectivity index (χ4n) is 4.69. The number of rotatable bonds is 12. The quantitative estimate of drug-likeness (QED) is 0.233. The number of nitrogens with zero attached hydrogens (tertiary/aromatic N) is 3. The van der Waals surface area contributed by atoms with Crippen LogP contribution < -0.4 is 14.9 Å². The third kappa shape index (κ3) is 7.44. The first-order valence-electron chi connectivity index (χ1n) is 14.0. The van der Waals surface area contributed by atoms with Gasteiger partial charge in [0.1, 0.15) is 6.54 Å². The molecule has 2 N–H and O–H groups in total. The lowest BCUT2D eigenvalue weighted by atomic mass is 9.99. The van der Waals surface area contributed by atoms with Crippen LogP contribution in [0.5, 0.6) is 0 Å². The van der Waals surface area contributed by atoms with Crippen LogP contribution in [-0.2, 0) is 24.3 Å². The van der Waals surface area contributed by atoms with Crippen molar-refractivity contribution >= 4 is 56.1 Å². The molecule has 1 aliphatic heterocycles. The van der Waals surface area contributed by atoms with Crippen LogP contribution >= 0.6 is 0 Å². The van der Waals surface area contributed by atoms with Crippen LogP contribution in [-0.4, -0.2) is 90.1 Å². The molecule has 44 heavy (non-hydrogen) atoms. The smallest absolute Gasteiger partial charge is 0.337 e. The number of nitrogens with one attached hydrogen (secondary N) is 2. The third-order valence-electron chi connectivity index (χ3n) is 7.04. The topological polar surface area (TPSA) is 128 Å². The van der Waals surface area contributed by atoms with E-state index in [-0.39, 0.29) is 24.1 Å². The summed E-state index contributed by atoms with van der Waals surface area (Å²) >= 11 is 0. The lowest BCUT2D eigenvalue weighted by Gasteiger charge is -2.26. The van der Waals surface area contributed by atoms with E-state index in [9.17, 15) is 22.8 Å². The van der Waals surface area contributed by atoms with Gasteiger partial charge in [-0.1, -0.05) is 36.4 Å². The summed E-state index contributed by atoms with van der Waals surface area (Å²) in [4.78, 5) is 41.2. The Morgan fingerprint density at radius 3 is 2.20 bits per heavy atom. The number of likely N-dealkylation sites (N-methyl/N-ethyl adjacent to an activating group) is 1. The average molecular weight is 620 g/mol. The van der Waals surface area contributed by atoms with E-state index in [4.69, 9.17) is 4.74 Å². The Morgan fingerprint density at radius 2 is 1.59 bits per heavy atom. The molecule has 3 aromatic carbocycles. The summed E-state index contributed by atoms with van der Waals surface area (Å²) in [5, 5.41) is 6.18. The summed E-state index contributed by atoms with van der Waals surface area (Å²) in [5.74, 6) is -1.31. The Morgan fingerprint density at radius 1 is 0.909 bits per heavy atom. The summed E-state index contributed by atoms with van der Waals surface area (Å²) in [6.07, 6.45) is 0.417. The van der Waals surface area contributed by atoms with E-state index in [1.807, 2.05) is 49.3 Å². The molecule has 0 fully saturated rings. The van der Waals surface area contributed by atoms with Gasteiger partial charge in [-0.2, -0.15) is 0 Å². The van der Waals surface area contributed by atoms with Gasteiger partial charge >= 0.3 is 5.97 Å². The molecule has 0 unspecified atom stereocenters. The monoisotopic (exact) mass is 619 g/mol. The first-order valence-corrected chi connectivity index (χ1v) is 15.6. The highest BCUT2D eigenvalue weighted by Gasteiger charge is 2.30. The number of hydrogen-bond acceptors (Lipinski definition) is 8. The lowest BCUT2D eigenvalue weighted by Crippen LogP contribution is -2.41. The standard InChI is InChI=1S/C32H37N5O6S/c1-35(2)18-9-19-44(41,42)37(21-28(38)36(3)4)25-15-13-24(14-16-25)33-30(22-10-7-6-8-11-22)29-26-17-12-23(32(40)43-5)20-27(26)34-31(29)39/h6-8,10-17,20,33H,9,18-19,21H2,1-5H3,(H,34,39)/b30-29-. The van der Waals surface area contributed by atoms with E-state index in [2.05, 4.69) is 10.6 Å². The van der Waals surface area contributed by atoms with Crippen LogP contribution in [0.4, 0.5) is 17.1 Å². The van der Waals surface area contributed by atoms with E-state index in [0.717, 1.165) is 9.87 Å². The average Bonchev–Trinajstić information content (AvgIpc) is 3.33. The second kappa shape index (κ2) is 13.7. The van der Waals surface area contributed by atoms with Gasteiger partial charge in [0.25, 0.3) is 5.91 Å². The van der Waals surface area contributed by atoms with Crippen LogP contribution in [0.25, 0.3) is 11.3 Å². The molecule has 12 heteroatoms. The second-order valence-electron chi connectivity index (χ2n) is 10.8. The number of hydrogen-bond donors (Lipinski definition) is 2. The normalized spacial score (nSPS) is 13.6. The molecule has 4 rings (SSSR count). The number of amides is 2. The Hall–Kier alpha value is -4.68. The minimum Gasteiger partial charge on any atom is -0.465 e. The van der Waals surface area contributed by atoms with E-state index < -0.39 is 16.0 Å². The molecular formula is C32H37N5O6S. The van der Waals surface area contributed by atoms with Crippen molar-refractivity contribution in [3.8, 4) is 0 Å². The maximum absolute atomic E-state index is 13.4. The first kappa shape index (κ1) is 32.2. The Kier molecular flexibility index (Phi) is 10.1. The summed E-state index contributed by atoms with van der Waals surface area (Å²) < 4.78 is 32.7. The van der Waals surface area contributed by atoms with Crippen molar-refractivity contribution in [3.05, 3.63) is 89.5 Å². The fourth-order valence-corrected chi connectivity index (χ4v) is 6.16. The lowest BCUT2D eigenvalue weighted by molar-refractivity contribution is -0.127. The number of sulfonamides is 1. The van der Waals surface area contributed by atoms with E-state index in [1.54, 1.807) is 56.6 Å². The zero-order valence-electron chi connectivity index (χ0n) is 25.5. The van der Waals surface area contributed by atoms with Crippen LogP contribution in [0.2, 0.25) is 0 Å². The molecule has 0 saturated heterocycles. The van der Waals surface area contributed by atoms with Gasteiger partial charge < -0.3 is 25.2 Å². The molecule has 1 heterocycles. The van der Waals surface area contributed by atoms with Gasteiger partial charge in [0.05, 0.1) is 41.1 Å². The van der Waals surface area contributed by atoms with Crippen molar-refractivity contribution in [2.45, 2.75) is 6.42 Å². The molecule has 3 aromatic rings. The summed E-state index contributed by atoms with van der Waals surface area (Å²) in [5.41, 5.74) is 4.01. The summed E-state index contributed by atoms with van der Waals surface area (Å²) in [7, 11) is 4.40. The van der Waals surface area contributed by atoms with Crippen molar-refractivity contribution in [3.63, 3.8) is 0 Å². The molecule has 0 bridgehead atoms. The van der Waals surface area contributed by atoms with Gasteiger partial charge in [0.15, 0.2) is 0 Å².